The van der Waals surface area contributed by atoms with E-state index in [4.69, 9.17) is 45.9 Å². The van der Waals surface area contributed by atoms with Crippen molar-refractivity contribution in [2.45, 2.75) is 32.1 Å². The van der Waals surface area contributed by atoms with Gasteiger partial charge in [0.2, 0.25) is 5.91 Å². The number of nitrogens with two attached hydrogens (primary N) is 1. The predicted molar refractivity (Wildman–Crippen MR) is 152 cm³/mol. The number of anilines is 2. The number of amides is 3. The zero-order valence-corrected chi connectivity index (χ0v) is 22.5. The molecule has 3 rings (SSSR count). The Hall–Kier alpha value is -3.10. The van der Waals surface area contributed by atoms with E-state index < -0.39 is 11.9 Å². The van der Waals surface area contributed by atoms with Gasteiger partial charge < -0.3 is 16.4 Å². The Morgan fingerprint density at radius 1 is 0.946 bits per heavy atom. The maximum absolute atomic E-state index is 13.2. The number of benzene rings is 3. The molecule has 0 saturated heterocycles. The third-order valence-corrected chi connectivity index (χ3v) is 6.58. The predicted octanol–water partition coefficient (Wildman–Crippen LogP) is 6.82. The third-order valence-electron chi connectivity index (χ3n) is 5.60. The summed E-state index contributed by atoms with van der Waals surface area (Å²) in [6.07, 6.45) is 1.95. The van der Waals surface area contributed by atoms with Crippen molar-refractivity contribution in [3.05, 3.63) is 92.4 Å². The van der Waals surface area contributed by atoms with Crippen molar-refractivity contribution < 1.29 is 9.59 Å². The lowest BCUT2D eigenvalue weighted by molar-refractivity contribution is -0.117. The van der Waals surface area contributed by atoms with E-state index in [9.17, 15) is 9.59 Å². The van der Waals surface area contributed by atoms with Gasteiger partial charge in [0.25, 0.3) is 0 Å². The van der Waals surface area contributed by atoms with Crippen LogP contribution in [-0.4, -0.2) is 24.3 Å². The van der Waals surface area contributed by atoms with Gasteiger partial charge in [0, 0.05) is 22.0 Å². The van der Waals surface area contributed by atoms with E-state index in [1.165, 1.54) is 0 Å². The fraction of sp³-hybridized carbons (Fsp3) is 0.222. The number of carbonyl (C=O) groups excluding carboxylic acids is 2. The van der Waals surface area contributed by atoms with E-state index in [0.717, 1.165) is 12.0 Å². The molecule has 0 spiro atoms. The van der Waals surface area contributed by atoms with Gasteiger partial charge in [0.05, 0.1) is 16.0 Å². The van der Waals surface area contributed by atoms with Crippen LogP contribution < -0.4 is 21.7 Å². The van der Waals surface area contributed by atoms with Gasteiger partial charge in [0.1, 0.15) is 5.84 Å². The van der Waals surface area contributed by atoms with Crippen molar-refractivity contribution in [1.29, 1.82) is 5.41 Å². The maximum atomic E-state index is 13.2. The molecule has 0 bridgehead atoms. The Morgan fingerprint density at radius 2 is 1.70 bits per heavy atom. The van der Waals surface area contributed by atoms with Crippen LogP contribution in [0.3, 0.4) is 0 Å². The zero-order valence-electron chi connectivity index (χ0n) is 20.2. The third kappa shape index (κ3) is 7.94. The molecule has 0 aliphatic rings. The Morgan fingerprint density at radius 3 is 2.38 bits per heavy atom. The largest absolute Gasteiger partial charge is 0.330 e. The van der Waals surface area contributed by atoms with Gasteiger partial charge in [0.15, 0.2) is 0 Å². The van der Waals surface area contributed by atoms with Crippen LogP contribution >= 0.6 is 34.8 Å². The second-order valence-electron chi connectivity index (χ2n) is 8.38. The van der Waals surface area contributed by atoms with Crippen LogP contribution in [0, 0.1) is 5.41 Å². The molecule has 0 fully saturated rings. The Balaban J connectivity index is 1.79. The highest BCUT2D eigenvalue weighted by molar-refractivity contribution is 6.42. The summed E-state index contributed by atoms with van der Waals surface area (Å²) >= 11 is 18.2. The first-order valence-corrected chi connectivity index (χ1v) is 12.9. The zero-order chi connectivity index (χ0) is 26.9. The van der Waals surface area contributed by atoms with Crippen LogP contribution in [-0.2, 0) is 11.2 Å². The summed E-state index contributed by atoms with van der Waals surface area (Å²) in [5.41, 5.74) is 8.84. The van der Waals surface area contributed by atoms with E-state index in [-0.39, 0.29) is 11.7 Å². The summed E-state index contributed by atoms with van der Waals surface area (Å²) in [6.45, 7) is 2.33. The molecule has 1 unspecified atom stereocenters. The smallest absolute Gasteiger partial charge is 0.324 e. The number of nitrogens with one attached hydrogen (secondary N) is 4. The average molecular weight is 561 g/mol. The molecule has 0 saturated carbocycles. The molecule has 0 radical (unpaired) electrons. The first kappa shape index (κ1) is 28.5. The molecular formula is C27H28Cl3N5O2. The molecule has 3 amide bonds. The highest BCUT2D eigenvalue weighted by Crippen LogP contribution is 2.29. The van der Waals surface area contributed by atoms with Crippen molar-refractivity contribution in [1.82, 2.24) is 5.32 Å². The number of carbonyl (C=O) groups is 2. The number of aryl methyl sites for hydroxylation is 1. The molecule has 10 heteroatoms. The van der Waals surface area contributed by atoms with Crippen LogP contribution in [0.15, 0.2) is 60.7 Å². The summed E-state index contributed by atoms with van der Waals surface area (Å²) in [5.74, 6) is -0.905. The lowest BCUT2D eigenvalue weighted by atomic mass is 9.94. The fourth-order valence-electron chi connectivity index (χ4n) is 3.86. The molecule has 194 valence electrons. The maximum Gasteiger partial charge on any atom is 0.324 e. The van der Waals surface area contributed by atoms with Crippen LogP contribution in [0.1, 0.15) is 42.4 Å². The van der Waals surface area contributed by atoms with Gasteiger partial charge in [-0.1, -0.05) is 66.3 Å². The van der Waals surface area contributed by atoms with Crippen LogP contribution in [0.4, 0.5) is 16.2 Å². The Bertz CT molecular complexity index is 1300. The van der Waals surface area contributed by atoms with E-state index >= 15 is 0 Å². The number of amidine groups is 1. The second-order valence-corrected chi connectivity index (χ2v) is 9.63. The molecule has 0 aliphatic heterocycles. The van der Waals surface area contributed by atoms with E-state index in [1.54, 1.807) is 54.6 Å². The molecule has 37 heavy (non-hydrogen) atoms. The van der Waals surface area contributed by atoms with Gasteiger partial charge >= 0.3 is 6.03 Å². The highest BCUT2D eigenvalue weighted by atomic mass is 35.5. The van der Waals surface area contributed by atoms with Crippen LogP contribution in [0.5, 0.6) is 0 Å². The summed E-state index contributed by atoms with van der Waals surface area (Å²) in [6, 6.07) is 16.5. The normalized spacial score (nSPS) is 11.5. The SMILES string of the molecule is CCCc1ccc(NC(=O)C(CCN)c2ccc(Cl)c(Cl)c2)cc1C(=N)NC(=O)Nc1cccc(Cl)c1. The van der Waals surface area contributed by atoms with Gasteiger partial charge in [-0.15, -0.1) is 0 Å². The quantitative estimate of drug-likeness (QED) is 0.146. The van der Waals surface area contributed by atoms with Gasteiger partial charge in [-0.25, -0.2) is 4.79 Å². The van der Waals surface area contributed by atoms with Crippen molar-refractivity contribution in [3.8, 4) is 0 Å². The molecule has 0 aliphatic carbocycles. The minimum atomic E-state index is -0.577. The van der Waals surface area contributed by atoms with Crippen molar-refractivity contribution in [2.24, 2.45) is 5.73 Å². The lowest BCUT2D eigenvalue weighted by Crippen LogP contribution is -2.35. The summed E-state index contributed by atoms with van der Waals surface area (Å²) in [7, 11) is 0. The molecule has 0 heterocycles. The molecule has 3 aromatic carbocycles. The first-order chi connectivity index (χ1) is 17.7. The van der Waals surface area contributed by atoms with Crippen LogP contribution in [0.2, 0.25) is 15.1 Å². The Kier molecular flexibility index (Phi) is 10.3. The van der Waals surface area contributed by atoms with E-state index in [2.05, 4.69) is 16.0 Å². The average Bonchev–Trinajstić information content (AvgIpc) is 2.85. The number of hydrogen-bond acceptors (Lipinski definition) is 4. The Labute approximate surface area is 231 Å². The topological polar surface area (TPSA) is 120 Å². The van der Waals surface area contributed by atoms with Crippen molar-refractivity contribution in [2.75, 3.05) is 17.2 Å². The first-order valence-electron chi connectivity index (χ1n) is 11.7. The second kappa shape index (κ2) is 13.4. The monoisotopic (exact) mass is 559 g/mol. The van der Waals surface area contributed by atoms with Crippen molar-refractivity contribution in [3.63, 3.8) is 0 Å². The molecule has 6 N–H and O–H groups in total. The van der Waals surface area contributed by atoms with Crippen LogP contribution in [0.25, 0.3) is 0 Å². The van der Waals surface area contributed by atoms with Gasteiger partial charge in [-0.2, -0.15) is 0 Å². The standard InChI is InChI=1S/C27H28Cl3N5O2/c1-2-4-16-7-9-20(33-26(36)21(11-12-31)17-8-10-23(29)24(30)13-17)15-22(16)25(32)35-27(37)34-19-6-3-5-18(28)14-19/h3,5-10,13-15,21H,2,4,11-12,31H2,1H3,(H,33,36)(H3,32,34,35,37). The number of hydrogen-bond donors (Lipinski definition) is 5. The summed E-state index contributed by atoms with van der Waals surface area (Å²) < 4.78 is 0. The number of urea groups is 1. The molecule has 0 aromatic heterocycles. The molecule has 7 nitrogen and oxygen atoms in total. The lowest BCUT2D eigenvalue weighted by Gasteiger charge is -2.19. The molecule has 3 aromatic rings. The highest BCUT2D eigenvalue weighted by Gasteiger charge is 2.22. The van der Waals surface area contributed by atoms with Gasteiger partial charge in [-0.05, 0) is 73.0 Å². The van der Waals surface area contributed by atoms with E-state index in [0.29, 0.717) is 57.0 Å². The fourth-order valence-corrected chi connectivity index (χ4v) is 4.35. The molecule has 1 atom stereocenters. The minimum Gasteiger partial charge on any atom is -0.330 e. The number of halogens is 3. The number of rotatable bonds is 9. The summed E-state index contributed by atoms with van der Waals surface area (Å²) in [4.78, 5) is 25.7. The minimum absolute atomic E-state index is 0.0953. The van der Waals surface area contributed by atoms with Gasteiger partial charge in [-0.3, -0.25) is 15.5 Å². The van der Waals surface area contributed by atoms with E-state index in [1.807, 2.05) is 13.0 Å². The summed E-state index contributed by atoms with van der Waals surface area (Å²) in [5, 5.41) is 17.9. The molecular weight excluding hydrogens is 533 g/mol. The van der Waals surface area contributed by atoms with Crippen molar-refractivity contribution >= 4 is 64.0 Å².